The van der Waals surface area contributed by atoms with Gasteiger partial charge in [-0.15, -0.1) is 11.6 Å². The fourth-order valence-corrected chi connectivity index (χ4v) is 3.58. The number of rotatable bonds is 8. The monoisotopic (exact) mass is 437 g/mol. The molecule has 7 heteroatoms. The van der Waals surface area contributed by atoms with Crippen LogP contribution in [0.15, 0.2) is 18.2 Å². The summed E-state index contributed by atoms with van der Waals surface area (Å²) in [4.78, 5) is 29.1. The van der Waals surface area contributed by atoms with Gasteiger partial charge in [-0.05, 0) is 48.9 Å². The van der Waals surface area contributed by atoms with Crippen molar-refractivity contribution in [1.82, 2.24) is 4.90 Å². The molecule has 2 rings (SSSR count). The first-order chi connectivity index (χ1) is 14.0. The molecule has 1 aliphatic rings. The average Bonchev–Trinajstić information content (AvgIpc) is 3.12. The van der Waals surface area contributed by atoms with Gasteiger partial charge in [-0.2, -0.15) is 0 Å². The van der Waals surface area contributed by atoms with Gasteiger partial charge in [-0.25, -0.2) is 0 Å². The number of carbonyl (C=O) groups is 2. The third-order valence-electron chi connectivity index (χ3n) is 5.03. The van der Waals surface area contributed by atoms with Gasteiger partial charge in [0.25, 0.3) is 0 Å². The molecule has 1 heterocycles. The predicted octanol–water partition coefficient (Wildman–Crippen LogP) is 4.26. The van der Waals surface area contributed by atoms with Gasteiger partial charge in [0.1, 0.15) is 5.38 Å². The number of ether oxygens (including phenoxy) is 1. The van der Waals surface area contributed by atoms with Crippen molar-refractivity contribution in [1.29, 1.82) is 0 Å². The second-order valence-electron chi connectivity index (χ2n) is 9.49. The molecule has 0 aromatic heterocycles. The number of amides is 2. The highest BCUT2D eigenvalue weighted by Gasteiger charge is 2.26. The molecular formula is C23H36ClN3O3. The van der Waals surface area contributed by atoms with Gasteiger partial charge < -0.3 is 19.9 Å². The molecule has 0 saturated carbocycles. The molecule has 1 saturated heterocycles. The van der Waals surface area contributed by atoms with Crippen LogP contribution >= 0.6 is 11.6 Å². The quantitative estimate of drug-likeness (QED) is 0.617. The molecule has 1 aromatic rings. The van der Waals surface area contributed by atoms with E-state index in [-0.39, 0.29) is 23.3 Å². The highest BCUT2D eigenvalue weighted by molar-refractivity contribution is 6.32. The summed E-state index contributed by atoms with van der Waals surface area (Å²) in [6.45, 7) is 9.66. The highest BCUT2D eigenvalue weighted by atomic mass is 35.5. The Morgan fingerprint density at radius 3 is 2.53 bits per heavy atom. The smallest absolute Gasteiger partial charge is 0.242 e. The van der Waals surface area contributed by atoms with Crippen molar-refractivity contribution in [3.63, 3.8) is 0 Å². The Hall–Kier alpha value is -1.79. The first-order valence-electron chi connectivity index (χ1n) is 10.6. The van der Waals surface area contributed by atoms with Gasteiger partial charge in [0.2, 0.25) is 11.8 Å². The second kappa shape index (κ2) is 10.5. The normalized spacial score (nSPS) is 17.5. The van der Waals surface area contributed by atoms with E-state index in [2.05, 4.69) is 26.1 Å². The maximum Gasteiger partial charge on any atom is 0.242 e. The van der Waals surface area contributed by atoms with Crippen LogP contribution in [-0.4, -0.2) is 55.4 Å². The topological polar surface area (TPSA) is 61.9 Å². The van der Waals surface area contributed by atoms with Gasteiger partial charge in [0.15, 0.2) is 0 Å². The predicted molar refractivity (Wildman–Crippen MR) is 123 cm³/mol. The zero-order chi connectivity index (χ0) is 22.5. The van der Waals surface area contributed by atoms with Gasteiger partial charge >= 0.3 is 0 Å². The van der Waals surface area contributed by atoms with E-state index in [1.165, 1.54) is 0 Å². The molecule has 1 aromatic carbocycles. The molecule has 0 unspecified atom stereocenters. The van der Waals surface area contributed by atoms with Crippen molar-refractivity contribution in [3.05, 3.63) is 23.8 Å². The van der Waals surface area contributed by atoms with Crippen molar-refractivity contribution in [2.24, 2.45) is 5.41 Å². The average molecular weight is 438 g/mol. The second-order valence-corrected chi connectivity index (χ2v) is 10.1. The lowest BCUT2D eigenvalue weighted by atomic mass is 9.91. The minimum Gasteiger partial charge on any atom is -0.377 e. The zero-order valence-corrected chi connectivity index (χ0v) is 19.9. The molecule has 1 aliphatic heterocycles. The number of nitrogens with zero attached hydrogens (tertiary/aromatic N) is 2. The number of anilines is 2. The first kappa shape index (κ1) is 24.5. The van der Waals surface area contributed by atoms with Crippen molar-refractivity contribution in [3.8, 4) is 0 Å². The molecule has 0 spiro atoms. The lowest BCUT2D eigenvalue weighted by Gasteiger charge is -2.30. The van der Waals surface area contributed by atoms with Crippen LogP contribution < -0.4 is 10.2 Å². The molecule has 1 N–H and O–H groups in total. The van der Waals surface area contributed by atoms with E-state index in [1.54, 1.807) is 6.92 Å². The number of nitrogens with one attached hydrogen (secondary N) is 1. The molecule has 1 fully saturated rings. The highest BCUT2D eigenvalue weighted by Crippen LogP contribution is 2.27. The summed E-state index contributed by atoms with van der Waals surface area (Å²) in [5.41, 5.74) is 2.56. The number of carbonyl (C=O) groups excluding carboxylic acids is 2. The van der Waals surface area contributed by atoms with E-state index >= 15 is 0 Å². The molecule has 0 bridgehead atoms. The summed E-state index contributed by atoms with van der Waals surface area (Å²) in [5, 5.41) is 2.23. The van der Waals surface area contributed by atoms with Gasteiger partial charge in [0.05, 0.1) is 6.10 Å². The van der Waals surface area contributed by atoms with Gasteiger partial charge in [-0.1, -0.05) is 20.8 Å². The van der Waals surface area contributed by atoms with Crippen LogP contribution in [0.1, 0.15) is 52.5 Å². The van der Waals surface area contributed by atoms with Crippen LogP contribution in [0.5, 0.6) is 0 Å². The van der Waals surface area contributed by atoms with Crippen molar-refractivity contribution >= 4 is 34.8 Å². The van der Waals surface area contributed by atoms with Crippen LogP contribution in [-0.2, 0) is 20.9 Å². The van der Waals surface area contributed by atoms with E-state index in [0.717, 1.165) is 30.7 Å². The number of halogens is 1. The number of alkyl halides is 1. The van der Waals surface area contributed by atoms with Crippen LogP contribution in [0.4, 0.5) is 11.4 Å². The van der Waals surface area contributed by atoms with Crippen LogP contribution in [0.2, 0.25) is 0 Å². The maximum absolute atomic E-state index is 13.2. The van der Waals surface area contributed by atoms with Gasteiger partial charge in [-0.3, -0.25) is 9.59 Å². The summed E-state index contributed by atoms with van der Waals surface area (Å²) in [6.07, 6.45) is 2.56. The fraction of sp³-hybridized carbons (Fsp3) is 0.652. The SMILES string of the molecule is C[C@H](Cl)C(=O)Nc1ccc(N(C)C)c(CN(C[C@H]2CCCO2)C(=O)CC(C)(C)C)c1. The Balaban J connectivity index is 2.30. The molecule has 0 aliphatic carbocycles. The van der Waals surface area contributed by atoms with E-state index < -0.39 is 5.38 Å². The summed E-state index contributed by atoms with van der Waals surface area (Å²) >= 11 is 5.90. The Kier molecular flexibility index (Phi) is 8.56. The Bertz CT molecular complexity index is 738. The standard InChI is InChI=1S/C23H36ClN3O3/c1-16(24)22(29)25-18-9-10-20(26(5)6)17(12-18)14-27(15-19-8-7-11-30-19)21(28)13-23(2,3)4/h9-10,12,16,19H,7-8,11,13-15H2,1-6H3,(H,25,29)/t16-,19+/m0/s1. The third-order valence-corrected chi connectivity index (χ3v) is 5.23. The third kappa shape index (κ3) is 7.47. The summed E-state index contributed by atoms with van der Waals surface area (Å²) in [7, 11) is 3.94. The fourth-order valence-electron chi connectivity index (χ4n) is 3.53. The number of hydrogen-bond donors (Lipinski definition) is 1. The molecule has 6 nitrogen and oxygen atoms in total. The molecule has 2 atom stereocenters. The summed E-state index contributed by atoms with van der Waals surface area (Å²) in [6, 6.07) is 5.75. The van der Waals surface area contributed by atoms with E-state index in [1.807, 2.05) is 42.1 Å². The van der Waals surface area contributed by atoms with Gasteiger partial charge in [0, 0.05) is 51.6 Å². The summed E-state index contributed by atoms with van der Waals surface area (Å²) in [5.74, 6) is -0.133. The number of benzene rings is 1. The lowest BCUT2D eigenvalue weighted by Crippen LogP contribution is -2.38. The number of hydrogen-bond acceptors (Lipinski definition) is 4. The van der Waals surface area contributed by atoms with Crippen molar-refractivity contribution < 1.29 is 14.3 Å². The van der Waals surface area contributed by atoms with Crippen molar-refractivity contribution in [2.75, 3.05) is 37.5 Å². The van der Waals surface area contributed by atoms with E-state index in [9.17, 15) is 9.59 Å². The van der Waals surface area contributed by atoms with Crippen molar-refractivity contribution in [2.45, 2.75) is 65.0 Å². The van der Waals surface area contributed by atoms with Crippen LogP contribution in [0.3, 0.4) is 0 Å². The largest absolute Gasteiger partial charge is 0.377 e. The minimum absolute atomic E-state index is 0.0803. The minimum atomic E-state index is -0.619. The Morgan fingerprint density at radius 1 is 1.30 bits per heavy atom. The molecule has 168 valence electrons. The first-order valence-corrected chi connectivity index (χ1v) is 11.0. The lowest BCUT2D eigenvalue weighted by molar-refractivity contribution is -0.135. The molecule has 30 heavy (non-hydrogen) atoms. The zero-order valence-electron chi connectivity index (χ0n) is 19.1. The van der Waals surface area contributed by atoms with Crippen LogP contribution in [0.25, 0.3) is 0 Å². The Labute approximate surface area is 185 Å². The maximum atomic E-state index is 13.2. The Morgan fingerprint density at radius 2 is 2.00 bits per heavy atom. The molecular weight excluding hydrogens is 402 g/mol. The van der Waals surface area contributed by atoms with E-state index in [0.29, 0.717) is 25.2 Å². The summed E-state index contributed by atoms with van der Waals surface area (Å²) < 4.78 is 5.81. The molecule has 2 amide bonds. The molecule has 0 radical (unpaired) electrons. The van der Waals surface area contributed by atoms with E-state index in [4.69, 9.17) is 16.3 Å². The van der Waals surface area contributed by atoms with Crippen LogP contribution in [0, 0.1) is 5.41 Å².